The van der Waals surface area contributed by atoms with Gasteiger partial charge in [-0.1, -0.05) is 62.9 Å². The number of hydrogen-bond acceptors (Lipinski definition) is 0. The summed E-state index contributed by atoms with van der Waals surface area (Å²) >= 11 is 0. The van der Waals surface area contributed by atoms with E-state index in [0.717, 1.165) is 5.92 Å². The van der Waals surface area contributed by atoms with E-state index in [9.17, 15) is 0 Å². The highest BCUT2D eigenvalue weighted by atomic mass is 28.3. The van der Waals surface area contributed by atoms with Crippen LogP contribution in [0.15, 0.2) is 30.3 Å². The molecule has 0 N–H and O–H groups in total. The molecular formula is C12H20Si. The Labute approximate surface area is 83.0 Å². The molecular weight excluding hydrogens is 172 g/mol. The van der Waals surface area contributed by atoms with E-state index in [1.165, 1.54) is 11.6 Å². The predicted octanol–water partition coefficient (Wildman–Crippen LogP) is 4.13. The van der Waals surface area contributed by atoms with Crippen molar-refractivity contribution in [3.05, 3.63) is 35.9 Å². The van der Waals surface area contributed by atoms with Gasteiger partial charge in [-0.25, -0.2) is 0 Å². The van der Waals surface area contributed by atoms with Crippen LogP contribution in [0.3, 0.4) is 0 Å². The van der Waals surface area contributed by atoms with E-state index < -0.39 is 8.07 Å². The lowest BCUT2D eigenvalue weighted by molar-refractivity contribution is 0.845. The van der Waals surface area contributed by atoms with Gasteiger partial charge in [0.05, 0.1) is 0 Å². The molecule has 1 heteroatoms. The fraction of sp³-hybridized carbons (Fsp3) is 0.500. The Morgan fingerprint density at radius 1 is 1.08 bits per heavy atom. The number of hydrogen-bond donors (Lipinski definition) is 0. The fourth-order valence-electron chi connectivity index (χ4n) is 1.82. The molecule has 0 radical (unpaired) electrons. The summed E-state index contributed by atoms with van der Waals surface area (Å²) in [6.07, 6.45) is 0. The second-order valence-electron chi connectivity index (χ2n) is 5.08. The third kappa shape index (κ3) is 3.77. The van der Waals surface area contributed by atoms with E-state index in [1.54, 1.807) is 0 Å². The lowest BCUT2D eigenvalue weighted by Crippen LogP contribution is -2.21. The second kappa shape index (κ2) is 4.10. The van der Waals surface area contributed by atoms with E-state index >= 15 is 0 Å². The van der Waals surface area contributed by atoms with Crippen molar-refractivity contribution < 1.29 is 0 Å². The van der Waals surface area contributed by atoms with Crippen molar-refractivity contribution in [2.24, 2.45) is 0 Å². The SMILES string of the molecule is C[C@H](C[Si](C)(C)C)c1ccccc1. The van der Waals surface area contributed by atoms with Crippen molar-refractivity contribution in [2.45, 2.75) is 38.5 Å². The molecule has 1 aromatic rings. The third-order valence-corrected chi connectivity index (χ3v) is 4.12. The standard InChI is InChI=1S/C12H20Si/c1-11(10-13(2,3)4)12-8-6-5-7-9-12/h5-9,11H,10H2,1-4H3/t11-/m1/s1. The van der Waals surface area contributed by atoms with Gasteiger partial charge in [-0.3, -0.25) is 0 Å². The summed E-state index contributed by atoms with van der Waals surface area (Å²) < 4.78 is 0. The molecule has 0 heterocycles. The van der Waals surface area contributed by atoms with E-state index in [4.69, 9.17) is 0 Å². The van der Waals surface area contributed by atoms with E-state index in [-0.39, 0.29) is 0 Å². The Morgan fingerprint density at radius 2 is 1.62 bits per heavy atom. The summed E-state index contributed by atoms with van der Waals surface area (Å²) in [7, 11) is -0.903. The molecule has 0 saturated heterocycles. The monoisotopic (exact) mass is 192 g/mol. The minimum atomic E-state index is -0.903. The summed E-state index contributed by atoms with van der Waals surface area (Å²) in [5, 5.41) is 0. The maximum Gasteiger partial charge on any atom is 0.0448 e. The van der Waals surface area contributed by atoms with Crippen molar-refractivity contribution in [3.63, 3.8) is 0 Å². The molecule has 0 aliphatic carbocycles. The first-order valence-electron chi connectivity index (χ1n) is 5.04. The Bertz CT molecular complexity index is 246. The molecule has 0 aliphatic rings. The molecule has 1 atom stereocenters. The summed E-state index contributed by atoms with van der Waals surface area (Å²) in [5.41, 5.74) is 1.49. The zero-order chi connectivity index (χ0) is 9.90. The summed E-state index contributed by atoms with van der Waals surface area (Å²) in [4.78, 5) is 0. The van der Waals surface area contributed by atoms with E-state index in [1.807, 2.05) is 0 Å². The molecule has 72 valence electrons. The molecule has 0 fully saturated rings. The molecule has 0 bridgehead atoms. The zero-order valence-corrected chi connectivity index (χ0v) is 10.2. The largest absolute Gasteiger partial charge is 0.0695 e. The highest BCUT2D eigenvalue weighted by Gasteiger charge is 2.17. The maximum atomic E-state index is 2.44. The molecule has 0 amide bonds. The third-order valence-electron chi connectivity index (χ3n) is 2.29. The molecule has 13 heavy (non-hydrogen) atoms. The summed E-state index contributed by atoms with van der Waals surface area (Å²) in [5.74, 6) is 0.730. The van der Waals surface area contributed by atoms with Crippen LogP contribution in [-0.2, 0) is 0 Å². The van der Waals surface area contributed by atoms with Crippen LogP contribution in [0.25, 0.3) is 0 Å². The van der Waals surface area contributed by atoms with Crippen molar-refractivity contribution in [2.75, 3.05) is 0 Å². The van der Waals surface area contributed by atoms with Crippen LogP contribution < -0.4 is 0 Å². The van der Waals surface area contributed by atoms with Crippen molar-refractivity contribution >= 4 is 8.07 Å². The van der Waals surface area contributed by atoms with Gasteiger partial charge >= 0.3 is 0 Å². The lowest BCUT2D eigenvalue weighted by Gasteiger charge is -2.21. The number of rotatable bonds is 3. The Balaban J connectivity index is 2.64. The molecule has 0 saturated carbocycles. The normalized spacial score (nSPS) is 14.2. The lowest BCUT2D eigenvalue weighted by atomic mass is 10.0. The van der Waals surface area contributed by atoms with Gasteiger partial charge in [-0.15, -0.1) is 0 Å². The first-order valence-corrected chi connectivity index (χ1v) is 8.75. The van der Waals surface area contributed by atoms with Gasteiger partial charge < -0.3 is 0 Å². The molecule has 0 aromatic heterocycles. The highest BCUT2D eigenvalue weighted by Crippen LogP contribution is 2.25. The van der Waals surface area contributed by atoms with Gasteiger partial charge in [0.2, 0.25) is 0 Å². The fourth-order valence-corrected chi connectivity index (χ4v) is 3.89. The van der Waals surface area contributed by atoms with Crippen LogP contribution in [-0.4, -0.2) is 8.07 Å². The summed E-state index contributed by atoms with van der Waals surface area (Å²) in [6.45, 7) is 9.65. The predicted molar refractivity (Wildman–Crippen MR) is 63.0 cm³/mol. The van der Waals surface area contributed by atoms with Crippen LogP contribution in [0, 0.1) is 0 Å². The van der Waals surface area contributed by atoms with Crippen molar-refractivity contribution in [1.82, 2.24) is 0 Å². The van der Waals surface area contributed by atoms with Crippen molar-refractivity contribution in [3.8, 4) is 0 Å². The van der Waals surface area contributed by atoms with Gasteiger partial charge in [-0.05, 0) is 11.5 Å². The Morgan fingerprint density at radius 3 is 2.08 bits per heavy atom. The molecule has 1 rings (SSSR count). The van der Waals surface area contributed by atoms with Crippen LogP contribution in [0.2, 0.25) is 25.7 Å². The minimum absolute atomic E-state index is 0.730. The van der Waals surface area contributed by atoms with Gasteiger partial charge in [0.25, 0.3) is 0 Å². The molecule has 1 aromatic carbocycles. The quantitative estimate of drug-likeness (QED) is 0.632. The Hall–Kier alpha value is -0.563. The molecule has 0 spiro atoms. The van der Waals surface area contributed by atoms with Gasteiger partial charge in [0, 0.05) is 8.07 Å². The Kier molecular flexibility index (Phi) is 3.31. The van der Waals surface area contributed by atoms with Crippen LogP contribution >= 0.6 is 0 Å². The molecule has 0 nitrogen and oxygen atoms in total. The first-order chi connectivity index (χ1) is 5.99. The number of benzene rings is 1. The van der Waals surface area contributed by atoms with E-state index in [2.05, 4.69) is 56.9 Å². The van der Waals surface area contributed by atoms with Crippen LogP contribution in [0.1, 0.15) is 18.4 Å². The first kappa shape index (κ1) is 10.5. The van der Waals surface area contributed by atoms with Gasteiger partial charge in [0.1, 0.15) is 0 Å². The van der Waals surface area contributed by atoms with E-state index in [0.29, 0.717) is 0 Å². The van der Waals surface area contributed by atoms with Gasteiger partial charge in [0.15, 0.2) is 0 Å². The average Bonchev–Trinajstić information content (AvgIpc) is 2.03. The topological polar surface area (TPSA) is 0 Å². The average molecular weight is 192 g/mol. The molecule has 0 unspecified atom stereocenters. The second-order valence-corrected chi connectivity index (χ2v) is 10.6. The smallest absolute Gasteiger partial charge is 0.0448 e. The van der Waals surface area contributed by atoms with Crippen LogP contribution in [0.5, 0.6) is 0 Å². The zero-order valence-electron chi connectivity index (χ0n) is 9.17. The van der Waals surface area contributed by atoms with Crippen molar-refractivity contribution in [1.29, 1.82) is 0 Å². The summed E-state index contributed by atoms with van der Waals surface area (Å²) in [6, 6.07) is 12.2. The van der Waals surface area contributed by atoms with Crippen LogP contribution in [0.4, 0.5) is 0 Å². The highest BCUT2D eigenvalue weighted by molar-refractivity contribution is 6.76. The molecule has 0 aliphatic heterocycles. The maximum absolute atomic E-state index is 2.44. The minimum Gasteiger partial charge on any atom is -0.0695 e. The van der Waals surface area contributed by atoms with Gasteiger partial charge in [-0.2, -0.15) is 0 Å².